The maximum absolute atomic E-state index is 14.0. The van der Waals surface area contributed by atoms with Crippen molar-refractivity contribution in [3.8, 4) is 0 Å². The number of nitrogens with zero attached hydrogens (tertiary/aromatic N) is 5. The van der Waals surface area contributed by atoms with Crippen LogP contribution < -0.4 is 15.1 Å². The molecule has 0 aliphatic carbocycles. The molecule has 3 aromatic heterocycles. The molecule has 2 N–H and O–H groups in total. The van der Waals surface area contributed by atoms with E-state index in [1.807, 2.05) is 19.9 Å². The molecule has 0 saturated carbocycles. The van der Waals surface area contributed by atoms with Crippen LogP contribution in [0.4, 0.5) is 23.0 Å². The average Bonchev–Trinajstić information content (AvgIpc) is 3.55. The normalized spacial score (nSPS) is 18.4. The van der Waals surface area contributed by atoms with Gasteiger partial charge in [-0.3, -0.25) is 14.5 Å². The summed E-state index contributed by atoms with van der Waals surface area (Å²) in [6.45, 7) is 7.04. The van der Waals surface area contributed by atoms with Crippen LogP contribution in [0.2, 0.25) is 0 Å². The van der Waals surface area contributed by atoms with E-state index in [0.29, 0.717) is 44.7 Å². The quantitative estimate of drug-likeness (QED) is 0.280. The minimum atomic E-state index is -1.02. The average molecular weight is 637 g/mol. The topological polar surface area (TPSA) is 137 Å². The number of aromatic carboxylic acids is 1. The van der Waals surface area contributed by atoms with E-state index in [4.69, 9.17) is 9.73 Å². The second kappa shape index (κ2) is 11.8. The Balaban J connectivity index is 1.09. The van der Waals surface area contributed by atoms with Crippen LogP contribution in [0.3, 0.4) is 0 Å². The first-order chi connectivity index (χ1) is 22.2. The Bertz CT molecular complexity index is 1870. The van der Waals surface area contributed by atoms with Crippen molar-refractivity contribution in [2.75, 3.05) is 41.4 Å². The number of ether oxygens (including phenoxy) is 1. The number of thiophene rings is 1. The van der Waals surface area contributed by atoms with E-state index in [-0.39, 0.29) is 22.1 Å². The van der Waals surface area contributed by atoms with E-state index < -0.39 is 12.0 Å². The smallest absolute Gasteiger partial charge is 0.345 e. The summed E-state index contributed by atoms with van der Waals surface area (Å²) in [5, 5.41) is 12.4. The van der Waals surface area contributed by atoms with Crippen LogP contribution in [-0.4, -0.2) is 70.9 Å². The van der Waals surface area contributed by atoms with Gasteiger partial charge in [0.15, 0.2) is 5.82 Å². The number of carbonyl (C=O) groups is 3. The second-order valence-electron chi connectivity index (χ2n) is 12.0. The maximum Gasteiger partial charge on any atom is 0.345 e. The van der Waals surface area contributed by atoms with E-state index in [1.165, 1.54) is 6.07 Å². The van der Waals surface area contributed by atoms with E-state index in [1.54, 1.807) is 59.8 Å². The minimum absolute atomic E-state index is 0.189. The molecule has 234 valence electrons. The Hall–Kier alpha value is -4.94. The Morgan fingerprint density at radius 1 is 1.04 bits per heavy atom. The number of rotatable bonds is 6. The van der Waals surface area contributed by atoms with Gasteiger partial charge < -0.3 is 20.1 Å². The number of carbonyl (C=O) groups excluding carboxylic acids is 2. The van der Waals surface area contributed by atoms with Crippen molar-refractivity contribution in [3.05, 3.63) is 93.4 Å². The molecule has 0 unspecified atom stereocenters. The first-order valence-electron chi connectivity index (χ1n) is 15.1. The Morgan fingerprint density at radius 2 is 1.80 bits per heavy atom. The fourth-order valence-electron chi connectivity index (χ4n) is 6.39. The molecule has 6 heterocycles. The van der Waals surface area contributed by atoms with Gasteiger partial charge in [0.05, 0.1) is 27.9 Å². The predicted octanol–water partition coefficient (Wildman–Crippen LogP) is 5.58. The molecule has 1 spiro atoms. The Morgan fingerprint density at radius 3 is 2.52 bits per heavy atom. The molecule has 2 amide bonds. The van der Waals surface area contributed by atoms with Gasteiger partial charge in [-0.05, 0) is 86.8 Å². The maximum atomic E-state index is 14.0. The number of carboxylic acid groups (broad SMARTS) is 1. The van der Waals surface area contributed by atoms with Gasteiger partial charge in [-0.15, -0.1) is 11.3 Å². The van der Waals surface area contributed by atoms with Gasteiger partial charge in [-0.25, -0.2) is 19.8 Å². The molecule has 3 aliphatic heterocycles. The molecular weight excluding hydrogens is 604 g/mol. The van der Waals surface area contributed by atoms with Gasteiger partial charge >= 0.3 is 5.97 Å². The molecule has 11 nitrogen and oxygen atoms in total. The molecule has 12 heteroatoms. The zero-order valence-corrected chi connectivity index (χ0v) is 26.2. The monoisotopic (exact) mass is 636 g/mol. The van der Waals surface area contributed by atoms with Gasteiger partial charge in [0, 0.05) is 55.4 Å². The third kappa shape index (κ3) is 5.43. The SMILES string of the molecule is Cc1cnc(N2CC3(CCOCC3)C2)c(C(=O)Nc2ccc(C(=O)N3c4cccnc4N=C(c4ccc(C(=O)O)s4)[C@H]3C)cc2)c1. The number of anilines is 3. The molecule has 1 atom stereocenters. The number of fused-ring (bicyclic) bond motifs is 1. The third-order valence-electron chi connectivity index (χ3n) is 8.87. The number of hydrogen-bond donors (Lipinski definition) is 2. The molecule has 46 heavy (non-hydrogen) atoms. The highest BCUT2D eigenvalue weighted by molar-refractivity contribution is 7.16. The van der Waals surface area contributed by atoms with Gasteiger partial charge in [0.25, 0.3) is 11.8 Å². The summed E-state index contributed by atoms with van der Waals surface area (Å²) in [5.74, 6) is -0.493. The minimum Gasteiger partial charge on any atom is -0.477 e. The van der Waals surface area contributed by atoms with Crippen LogP contribution >= 0.6 is 11.3 Å². The number of aromatic nitrogens is 2. The highest BCUT2D eigenvalue weighted by Crippen LogP contribution is 2.42. The summed E-state index contributed by atoms with van der Waals surface area (Å²) in [4.78, 5) is 57.4. The summed E-state index contributed by atoms with van der Waals surface area (Å²) >= 11 is 1.11. The van der Waals surface area contributed by atoms with Crippen molar-refractivity contribution in [2.45, 2.75) is 32.7 Å². The summed E-state index contributed by atoms with van der Waals surface area (Å²) in [7, 11) is 0. The first kappa shape index (κ1) is 29.8. The van der Waals surface area contributed by atoms with Crippen molar-refractivity contribution < 1.29 is 24.2 Å². The van der Waals surface area contributed by atoms with Crippen molar-refractivity contribution in [2.24, 2.45) is 10.4 Å². The molecule has 2 fully saturated rings. The van der Waals surface area contributed by atoms with Crippen LogP contribution in [-0.2, 0) is 4.74 Å². The van der Waals surface area contributed by atoms with E-state index in [0.717, 1.165) is 56.0 Å². The number of nitrogens with one attached hydrogen (secondary N) is 1. The molecule has 2 saturated heterocycles. The molecule has 0 bridgehead atoms. The molecule has 1 aromatic carbocycles. The summed E-state index contributed by atoms with van der Waals surface area (Å²) in [6.07, 6.45) is 5.44. The number of carboxylic acids is 1. The van der Waals surface area contributed by atoms with Crippen molar-refractivity contribution in [1.29, 1.82) is 0 Å². The third-order valence-corrected chi connectivity index (χ3v) is 9.96. The number of hydrogen-bond acceptors (Lipinski definition) is 9. The number of aliphatic imine (C=N–C) groups is 1. The molecular formula is C34H32N6O5S. The Kier molecular flexibility index (Phi) is 7.61. The van der Waals surface area contributed by atoms with Crippen molar-refractivity contribution >= 4 is 57.8 Å². The second-order valence-corrected chi connectivity index (χ2v) is 13.1. The molecule has 4 aromatic rings. The van der Waals surface area contributed by atoms with Crippen LogP contribution in [0.25, 0.3) is 0 Å². The van der Waals surface area contributed by atoms with Crippen LogP contribution in [0.1, 0.15) is 60.6 Å². The predicted molar refractivity (Wildman–Crippen MR) is 176 cm³/mol. The zero-order chi connectivity index (χ0) is 32.0. The van der Waals surface area contributed by atoms with Crippen LogP contribution in [0, 0.1) is 12.3 Å². The van der Waals surface area contributed by atoms with Gasteiger partial charge in [-0.1, -0.05) is 0 Å². The molecule has 7 rings (SSSR count). The highest BCUT2D eigenvalue weighted by Gasteiger charge is 2.45. The lowest BCUT2D eigenvalue weighted by atomic mass is 9.73. The summed E-state index contributed by atoms with van der Waals surface area (Å²) < 4.78 is 5.55. The van der Waals surface area contributed by atoms with E-state index >= 15 is 0 Å². The van der Waals surface area contributed by atoms with Crippen LogP contribution in [0.5, 0.6) is 0 Å². The molecule has 0 radical (unpaired) electrons. The van der Waals surface area contributed by atoms with Gasteiger partial charge in [0.1, 0.15) is 10.7 Å². The summed E-state index contributed by atoms with van der Waals surface area (Å²) in [5.41, 5.74) is 3.73. The fraction of sp³-hybridized carbons (Fsp3) is 0.294. The number of amides is 2. The number of aryl methyl sites for hydroxylation is 1. The number of pyridine rings is 2. The standard InChI is InChI=1S/C34H32N6O5S/c1-20-16-24(30(36-17-20)39-18-34(19-39)11-14-45-15-12-34)31(41)37-23-7-5-22(6-8-23)32(42)40-21(2)28(26-9-10-27(46-26)33(43)44)38-29-25(40)4-3-13-35-29/h3-10,13,16-17,21H,11-12,14-15,18-19H2,1-2H3,(H,37,41)(H,43,44)/t21-/m1/s1. The lowest BCUT2D eigenvalue weighted by molar-refractivity contribution is -0.000512. The molecule has 3 aliphatic rings. The number of benzene rings is 1. The highest BCUT2D eigenvalue weighted by atomic mass is 32.1. The van der Waals surface area contributed by atoms with Gasteiger partial charge in [0.2, 0.25) is 0 Å². The largest absolute Gasteiger partial charge is 0.477 e. The summed E-state index contributed by atoms with van der Waals surface area (Å²) in [6, 6.07) is 14.9. The van der Waals surface area contributed by atoms with Crippen molar-refractivity contribution in [1.82, 2.24) is 9.97 Å². The first-order valence-corrected chi connectivity index (χ1v) is 15.9. The Labute approximate surface area is 269 Å². The lowest BCUT2D eigenvalue weighted by Crippen LogP contribution is -2.59. The van der Waals surface area contributed by atoms with Crippen molar-refractivity contribution in [3.63, 3.8) is 0 Å². The van der Waals surface area contributed by atoms with E-state index in [2.05, 4.69) is 20.2 Å². The van der Waals surface area contributed by atoms with Gasteiger partial charge in [-0.2, -0.15) is 0 Å². The van der Waals surface area contributed by atoms with E-state index in [9.17, 15) is 19.5 Å². The zero-order valence-electron chi connectivity index (χ0n) is 25.4. The van der Waals surface area contributed by atoms with Crippen LogP contribution in [0.15, 0.2) is 72.0 Å². The lowest BCUT2D eigenvalue weighted by Gasteiger charge is -2.53. The fourth-order valence-corrected chi connectivity index (χ4v) is 7.30.